The van der Waals surface area contributed by atoms with Gasteiger partial charge in [0.1, 0.15) is 5.75 Å². The maximum absolute atomic E-state index is 12.0. The number of anilines is 1. The number of fused-ring (bicyclic) bond motifs is 1. The van der Waals surface area contributed by atoms with Crippen LogP contribution < -0.4 is 15.4 Å². The molecule has 0 radical (unpaired) electrons. The van der Waals surface area contributed by atoms with Gasteiger partial charge >= 0.3 is 0 Å². The first-order valence-electron chi connectivity index (χ1n) is 7.59. The van der Waals surface area contributed by atoms with Gasteiger partial charge in [-0.15, -0.1) is 0 Å². The van der Waals surface area contributed by atoms with Gasteiger partial charge in [-0.1, -0.05) is 36.4 Å². The van der Waals surface area contributed by atoms with Crippen LogP contribution in [0.25, 0.3) is 10.8 Å². The first kappa shape index (κ1) is 17.6. The van der Waals surface area contributed by atoms with Crippen LogP contribution >= 0.6 is 34.8 Å². The predicted octanol–water partition coefficient (Wildman–Crippen LogP) is 4.34. The maximum Gasteiger partial charge on any atom is 0.264 e. The number of ether oxygens (including phenoxy) is 1. The molecule has 0 fully saturated rings. The van der Waals surface area contributed by atoms with E-state index in [4.69, 9.17) is 17.0 Å². The van der Waals surface area contributed by atoms with Gasteiger partial charge in [0.05, 0.1) is 0 Å². The standard InChI is InChI=1S/C19H15IN2O2S/c20-14-8-10-15(11-9-14)21-19(25)22-18(23)12-24-17-7-3-5-13-4-1-2-6-16(13)17/h1-11H,12H2,(H2,21,22,23,25). The number of carbonyl (C=O) groups is 1. The molecule has 4 nitrogen and oxygen atoms in total. The van der Waals surface area contributed by atoms with E-state index in [0.29, 0.717) is 5.75 Å². The van der Waals surface area contributed by atoms with Crippen molar-refractivity contribution in [1.82, 2.24) is 5.32 Å². The van der Waals surface area contributed by atoms with Crippen LogP contribution in [0.2, 0.25) is 0 Å². The minimum Gasteiger partial charge on any atom is -0.483 e. The largest absolute Gasteiger partial charge is 0.483 e. The average molecular weight is 462 g/mol. The summed E-state index contributed by atoms with van der Waals surface area (Å²) in [6.45, 7) is -0.109. The lowest BCUT2D eigenvalue weighted by atomic mass is 10.1. The zero-order valence-electron chi connectivity index (χ0n) is 13.2. The molecule has 3 rings (SSSR count). The van der Waals surface area contributed by atoms with Crippen molar-refractivity contribution >= 4 is 62.3 Å². The Kier molecular flexibility index (Phi) is 5.83. The first-order chi connectivity index (χ1) is 12.1. The minimum absolute atomic E-state index is 0.109. The van der Waals surface area contributed by atoms with Crippen LogP contribution in [0.5, 0.6) is 5.75 Å². The van der Waals surface area contributed by atoms with Gasteiger partial charge in [-0.3, -0.25) is 10.1 Å². The summed E-state index contributed by atoms with van der Waals surface area (Å²) in [5.74, 6) is 0.362. The van der Waals surface area contributed by atoms with E-state index >= 15 is 0 Å². The normalized spacial score (nSPS) is 10.3. The van der Waals surface area contributed by atoms with Gasteiger partial charge in [0.25, 0.3) is 5.91 Å². The van der Waals surface area contributed by atoms with Gasteiger partial charge in [0, 0.05) is 14.6 Å². The van der Waals surface area contributed by atoms with E-state index in [9.17, 15) is 4.79 Å². The van der Waals surface area contributed by atoms with Crippen molar-refractivity contribution in [1.29, 1.82) is 0 Å². The molecule has 0 heterocycles. The molecule has 0 unspecified atom stereocenters. The van der Waals surface area contributed by atoms with Gasteiger partial charge < -0.3 is 10.1 Å². The highest BCUT2D eigenvalue weighted by Gasteiger charge is 2.08. The van der Waals surface area contributed by atoms with E-state index in [0.717, 1.165) is 20.0 Å². The first-order valence-corrected chi connectivity index (χ1v) is 9.07. The molecule has 0 saturated carbocycles. The summed E-state index contributed by atoms with van der Waals surface area (Å²) >= 11 is 7.38. The van der Waals surface area contributed by atoms with E-state index in [-0.39, 0.29) is 17.6 Å². The van der Waals surface area contributed by atoms with Gasteiger partial charge in [-0.2, -0.15) is 0 Å². The third-order valence-electron chi connectivity index (χ3n) is 3.46. The molecular weight excluding hydrogens is 447 g/mol. The lowest BCUT2D eigenvalue weighted by molar-refractivity contribution is -0.121. The van der Waals surface area contributed by atoms with Crippen LogP contribution in [0.1, 0.15) is 0 Å². The van der Waals surface area contributed by atoms with Gasteiger partial charge in [0.2, 0.25) is 0 Å². The van der Waals surface area contributed by atoms with E-state index in [1.54, 1.807) is 0 Å². The number of hydrogen-bond acceptors (Lipinski definition) is 3. The smallest absolute Gasteiger partial charge is 0.264 e. The van der Waals surface area contributed by atoms with Crippen LogP contribution in [-0.4, -0.2) is 17.6 Å². The fourth-order valence-electron chi connectivity index (χ4n) is 2.32. The summed E-state index contributed by atoms with van der Waals surface area (Å²) in [6.07, 6.45) is 0. The van der Waals surface area contributed by atoms with Crippen LogP contribution in [0, 0.1) is 3.57 Å². The van der Waals surface area contributed by atoms with E-state index in [2.05, 4.69) is 33.2 Å². The molecule has 0 aromatic heterocycles. The lowest BCUT2D eigenvalue weighted by Gasteiger charge is -2.11. The molecule has 0 bridgehead atoms. The van der Waals surface area contributed by atoms with Crippen molar-refractivity contribution in [3.63, 3.8) is 0 Å². The third-order valence-corrected chi connectivity index (χ3v) is 4.39. The fourth-order valence-corrected chi connectivity index (χ4v) is 2.91. The number of amides is 1. The Hall–Kier alpha value is -2.19. The van der Waals surface area contributed by atoms with Crippen molar-refractivity contribution < 1.29 is 9.53 Å². The second-order valence-corrected chi connectivity index (χ2v) is 6.93. The Bertz CT molecular complexity index is 907. The molecule has 6 heteroatoms. The zero-order chi connectivity index (χ0) is 17.6. The summed E-state index contributed by atoms with van der Waals surface area (Å²) in [7, 11) is 0. The molecule has 3 aromatic carbocycles. The topological polar surface area (TPSA) is 50.4 Å². The van der Waals surface area contributed by atoms with Crippen LogP contribution in [0.4, 0.5) is 5.69 Å². The van der Waals surface area contributed by atoms with E-state index in [1.165, 1.54) is 0 Å². The Morgan fingerprint density at radius 3 is 2.52 bits per heavy atom. The van der Waals surface area contributed by atoms with E-state index in [1.807, 2.05) is 66.7 Å². The summed E-state index contributed by atoms with van der Waals surface area (Å²) in [6, 6.07) is 21.3. The average Bonchev–Trinajstić information content (AvgIpc) is 2.62. The second-order valence-electron chi connectivity index (χ2n) is 5.28. The summed E-state index contributed by atoms with van der Waals surface area (Å²) in [5, 5.41) is 7.86. The lowest BCUT2D eigenvalue weighted by Crippen LogP contribution is -2.37. The highest BCUT2D eigenvalue weighted by molar-refractivity contribution is 14.1. The third kappa shape index (κ3) is 4.90. The van der Waals surface area contributed by atoms with Gasteiger partial charge in [-0.25, -0.2) is 0 Å². The molecule has 2 N–H and O–H groups in total. The SMILES string of the molecule is O=C(COc1cccc2ccccc12)NC(=S)Nc1ccc(I)cc1. The number of hydrogen-bond donors (Lipinski definition) is 2. The quantitative estimate of drug-likeness (QED) is 0.448. The van der Waals surface area contributed by atoms with Crippen LogP contribution in [0.3, 0.4) is 0 Å². The number of thiocarbonyl (C=S) groups is 1. The number of benzene rings is 3. The van der Waals surface area contributed by atoms with E-state index < -0.39 is 0 Å². The molecule has 0 spiro atoms. The molecule has 0 aliphatic carbocycles. The van der Waals surface area contributed by atoms with Crippen molar-refractivity contribution in [2.45, 2.75) is 0 Å². The molecule has 0 atom stereocenters. The number of rotatable bonds is 4. The van der Waals surface area contributed by atoms with Gasteiger partial charge in [0.15, 0.2) is 11.7 Å². The van der Waals surface area contributed by atoms with Crippen LogP contribution in [-0.2, 0) is 4.79 Å². The highest BCUT2D eigenvalue weighted by atomic mass is 127. The van der Waals surface area contributed by atoms with Crippen molar-refractivity contribution in [3.8, 4) is 5.75 Å². The molecule has 1 amide bonds. The predicted molar refractivity (Wildman–Crippen MR) is 113 cm³/mol. The summed E-state index contributed by atoms with van der Waals surface area (Å²) < 4.78 is 6.77. The number of halogens is 1. The van der Waals surface area contributed by atoms with Crippen LogP contribution in [0.15, 0.2) is 66.7 Å². The summed E-state index contributed by atoms with van der Waals surface area (Å²) in [5.41, 5.74) is 0.820. The Labute approximate surface area is 164 Å². The molecule has 25 heavy (non-hydrogen) atoms. The maximum atomic E-state index is 12.0. The van der Waals surface area contributed by atoms with Gasteiger partial charge in [-0.05, 0) is 70.5 Å². The molecule has 0 aliphatic rings. The Morgan fingerprint density at radius 1 is 1.00 bits per heavy atom. The number of nitrogens with one attached hydrogen (secondary N) is 2. The second kappa shape index (κ2) is 8.26. The molecule has 3 aromatic rings. The Balaban J connectivity index is 1.55. The molecular formula is C19H15IN2O2S. The fraction of sp³-hybridized carbons (Fsp3) is 0.0526. The molecule has 126 valence electrons. The van der Waals surface area contributed by atoms with Crippen molar-refractivity contribution in [2.24, 2.45) is 0 Å². The number of carbonyl (C=O) groups excluding carboxylic acids is 1. The summed E-state index contributed by atoms with van der Waals surface area (Å²) in [4.78, 5) is 12.0. The molecule has 0 saturated heterocycles. The zero-order valence-corrected chi connectivity index (χ0v) is 16.1. The molecule has 0 aliphatic heterocycles. The minimum atomic E-state index is -0.309. The Morgan fingerprint density at radius 2 is 1.72 bits per heavy atom. The van der Waals surface area contributed by atoms with Crippen molar-refractivity contribution in [3.05, 3.63) is 70.3 Å². The van der Waals surface area contributed by atoms with Crippen molar-refractivity contribution in [2.75, 3.05) is 11.9 Å². The monoisotopic (exact) mass is 462 g/mol. The highest BCUT2D eigenvalue weighted by Crippen LogP contribution is 2.24.